The number of rotatable bonds is 4. The van der Waals surface area contributed by atoms with Gasteiger partial charge in [0.25, 0.3) is 5.91 Å². The van der Waals surface area contributed by atoms with Gasteiger partial charge in [0.1, 0.15) is 0 Å². The highest BCUT2D eigenvalue weighted by Gasteiger charge is 2.15. The molecular weight excluding hydrogens is 378 g/mol. The minimum Gasteiger partial charge on any atom is -0.319 e. The molecule has 128 valence electrons. The lowest BCUT2D eigenvalue weighted by atomic mass is 10.1. The molecule has 3 aromatic rings. The second kappa shape index (κ2) is 7.23. The Balaban J connectivity index is 1.80. The van der Waals surface area contributed by atoms with Gasteiger partial charge in [-0.15, -0.1) is 0 Å². The van der Waals surface area contributed by atoms with Crippen LogP contribution in [0, 0.1) is 20.8 Å². The molecule has 0 saturated carbocycles. The third-order valence-corrected chi connectivity index (χ3v) is 4.71. The predicted octanol–water partition coefficient (Wildman–Crippen LogP) is 4.87. The van der Waals surface area contributed by atoms with Gasteiger partial charge >= 0.3 is 0 Å². The first kappa shape index (κ1) is 17.4. The van der Waals surface area contributed by atoms with E-state index in [0.29, 0.717) is 12.1 Å². The molecule has 4 nitrogen and oxygen atoms in total. The fourth-order valence-electron chi connectivity index (χ4n) is 2.69. The van der Waals surface area contributed by atoms with Gasteiger partial charge in [-0.1, -0.05) is 45.8 Å². The number of amides is 1. The van der Waals surface area contributed by atoms with Crippen LogP contribution in [0.15, 0.2) is 53.0 Å². The maximum Gasteiger partial charge on any atom is 0.255 e. The summed E-state index contributed by atoms with van der Waals surface area (Å²) in [5.74, 6) is -0.131. The predicted molar refractivity (Wildman–Crippen MR) is 104 cm³/mol. The molecule has 1 N–H and O–H groups in total. The van der Waals surface area contributed by atoms with Crippen molar-refractivity contribution in [2.24, 2.45) is 0 Å². The van der Waals surface area contributed by atoms with Crippen LogP contribution in [0.5, 0.6) is 0 Å². The van der Waals surface area contributed by atoms with E-state index in [2.05, 4.69) is 57.5 Å². The van der Waals surface area contributed by atoms with Crippen molar-refractivity contribution in [3.8, 4) is 0 Å². The van der Waals surface area contributed by atoms with Crippen LogP contribution in [-0.2, 0) is 6.54 Å². The molecule has 0 bridgehead atoms. The highest BCUT2D eigenvalue weighted by molar-refractivity contribution is 9.10. The van der Waals surface area contributed by atoms with E-state index >= 15 is 0 Å². The van der Waals surface area contributed by atoms with Crippen LogP contribution in [0.4, 0.5) is 5.69 Å². The number of benzene rings is 2. The summed E-state index contributed by atoms with van der Waals surface area (Å²) in [7, 11) is 0. The number of carbonyl (C=O) groups is 1. The van der Waals surface area contributed by atoms with Crippen molar-refractivity contribution < 1.29 is 4.79 Å². The second-order valence-electron chi connectivity index (χ2n) is 6.15. The van der Waals surface area contributed by atoms with Crippen molar-refractivity contribution in [2.75, 3.05) is 5.32 Å². The molecule has 0 radical (unpaired) electrons. The zero-order valence-corrected chi connectivity index (χ0v) is 16.1. The Morgan fingerprint density at radius 1 is 1.04 bits per heavy atom. The topological polar surface area (TPSA) is 46.9 Å². The molecule has 0 saturated heterocycles. The SMILES string of the molecule is Cc1ccc(Cn2nc(C)c(NC(=O)c3ccc(Br)cc3)c2C)cc1. The number of nitrogens with zero attached hydrogens (tertiary/aromatic N) is 2. The molecule has 0 spiro atoms. The van der Waals surface area contributed by atoms with Crippen LogP contribution in [0.3, 0.4) is 0 Å². The summed E-state index contributed by atoms with van der Waals surface area (Å²) in [6.45, 7) is 6.64. The zero-order valence-electron chi connectivity index (χ0n) is 14.5. The lowest BCUT2D eigenvalue weighted by Crippen LogP contribution is -2.13. The first-order chi connectivity index (χ1) is 11.9. The van der Waals surface area contributed by atoms with Gasteiger partial charge in [0.05, 0.1) is 23.6 Å². The van der Waals surface area contributed by atoms with E-state index in [1.54, 1.807) is 12.1 Å². The first-order valence-electron chi connectivity index (χ1n) is 8.10. The lowest BCUT2D eigenvalue weighted by Gasteiger charge is -2.08. The number of aryl methyl sites for hydroxylation is 2. The van der Waals surface area contributed by atoms with Crippen molar-refractivity contribution in [3.05, 3.63) is 81.1 Å². The summed E-state index contributed by atoms with van der Waals surface area (Å²) < 4.78 is 2.87. The molecule has 1 heterocycles. The van der Waals surface area contributed by atoms with Crippen LogP contribution >= 0.6 is 15.9 Å². The number of nitrogens with one attached hydrogen (secondary N) is 1. The number of anilines is 1. The van der Waals surface area contributed by atoms with E-state index in [-0.39, 0.29) is 5.91 Å². The molecule has 0 unspecified atom stereocenters. The monoisotopic (exact) mass is 397 g/mol. The molecular formula is C20H20BrN3O. The molecule has 0 aliphatic carbocycles. The van der Waals surface area contributed by atoms with Gasteiger partial charge < -0.3 is 5.32 Å². The summed E-state index contributed by atoms with van der Waals surface area (Å²) in [5.41, 5.74) is 5.58. The summed E-state index contributed by atoms with van der Waals surface area (Å²) in [4.78, 5) is 12.5. The smallest absolute Gasteiger partial charge is 0.255 e. The normalized spacial score (nSPS) is 10.7. The Labute approximate surface area is 156 Å². The third-order valence-electron chi connectivity index (χ3n) is 4.18. The van der Waals surface area contributed by atoms with Gasteiger partial charge in [-0.25, -0.2) is 0 Å². The van der Waals surface area contributed by atoms with Crippen molar-refractivity contribution in [1.29, 1.82) is 0 Å². The van der Waals surface area contributed by atoms with Gasteiger partial charge in [-0.05, 0) is 50.6 Å². The highest BCUT2D eigenvalue weighted by Crippen LogP contribution is 2.22. The van der Waals surface area contributed by atoms with E-state index in [4.69, 9.17) is 0 Å². The van der Waals surface area contributed by atoms with Gasteiger partial charge in [0.15, 0.2) is 0 Å². The minimum absolute atomic E-state index is 0.131. The Morgan fingerprint density at radius 2 is 1.68 bits per heavy atom. The first-order valence-corrected chi connectivity index (χ1v) is 8.90. The Morgan fingerprint density at radius 3 is 2.32 bits per heavy atom. The zero-order chi connectivity index (χ0) is 18.0. The average Bonchev–Trinajstić information content (AvgIpc) is 2.85. The molecule has 0 atom stereocenters. The fourth-order valence-corrected chi connectivity index (χ4v) is 2.95. The van der Waals surface area contributed by atoms with Gasteiger partial charge in [-0.3, -0.25) is 9.48 Å². The summed E-state index contributed by atoms with van der Waals surface area (Å²) in [6, 6.07) is 15.7. The molecule has 5 heteroatoms. The quantitative estimate of drug-likeness (QED) is 0.682. The number of hydrogen-bond acceptors (Lipinski definition) is 2. The van der Waals surface area contributed by atoms with Crippen molar-refractivity contribution >= 4 is 27.5 Å². The lowest BCUT2D eigenvalue weighted by molar-refractivity contribution is 0.102. The maximum absolute atomic E-state index is 12.5. The Kier molecular flexibility index (Phi) is 5.04. The molecule has 25 heavy (non-hydrogen) atoms. The van der Waals surface area contributed by atoms with Crippen molar-refractivity contribution in [3.63, 3.8) is 0 Å². The molecule has 1 aromatic heterocycles. The summed E-state index contributed by atoms with van der Waals surface area (Å²) in [5, 5.41) is 7.58. The molecule has 1 amide bonds. The molecule has 0 aliphatic heterocycles. The number of hydrogen-bond donors (Lipinski definition) is 1. The summed E-state index contributed by atoms with van der Waals surface area (Å²) >= 11 is 3.38. The second-order valence-corrected chi connectivity index (χ2v) is 7.07. The van der Waals surface area contributed by atoms with Gasteiger partial charge in [0, 0.05) is 10.0 Å². The average molecular weight is 398 g/mol. The highest BCUT2D eigenvalue weighted by atomic mass is 79.9. The van der Waals surface area contributed by atoms with Crippen molar-refractivity contribution in [2.45, 2.75) is 27.3 Å². The van der Waals surface area contributed by atoms with Crippen molar-refractivity contribution in [1.82, 2.24) is 9.78 Å². The van der Waals surface area contributed by atoms with E-state index in [1.165, 1.54) is 11.1 Å². The van der Waals surface area contributed by atoms with Crippen LogP contribution in [0.25, 0.3) is 0 Å². The molecule has 2 aromatic carbocycles. The van der Waals surface area contributed by atoms with Crippen LogP contribution in [0.2, 0.25) is 0 Å². The van der Waals surface area contributed by atoms with Crippen LogP contribution in [0.1, 0.15) is 32.9 Å². The molecule has 3 rings (SSSR count). The van der Waals surface area contributed by atoms with E-state index < -0.39 is 0 Å². The standard InChI is InChI=1S/C20H20BrN3O/c1-13-4-6-16(7-5-13)12-24-15(3)19(14(2)23-24)22-20(25)17-8-10-18(21)11-9-17/h4-11H,12H2,1-3H3,(H,22,25). The van der Waals surface area contributed by atoms with Crippen LogP contribution in [-0.4, -0.2) is 15.7 Å². The summed E-state index contributed by atoms with van der Waals surface area (Å²) in [6.07, 6.45) is 0. The molecule has 0 aliphatic rings. The third kappa shape index (κ3) is 3.99. The largest absolute Gasteiger partial charge is 0.319 e. The number of halogens is 1. The van der Waals surface area contributed by atoms with Gasteiger partial charge in [-0.2, -0.15) is 5.10 Å². The van der Waals surface area contributed by atoms with E-state index in [9.17, 15) is 4.79 Å². The molecule has 0 fully saturated rings. The minimum atomic E-state index is -0.131. The Bertz CT molecular complexity index is 896. The van der Waals surface area contributed by atoms with E-state index in [0.717, 1.165) is 21.5 Å². The maximum atomic E-state index is 12.5. The van der Waals surface area contributed by atoms with Crippen LogP contribution < -0.4 is 5.32 Å². The van der Waals surface area contributed by atoms with Gasteiger partial charge in [0.2, 0.25) is 0 Å². The number of aromatic nitrogens is 2. The fraction of sp³-hybridized carbons (Fsp3) is 0.200. The van der Waals surface area contributed by atoms with E-state index in [1.807, 2.05) is 30.7 Å². The number of carbonyl (C=O) groups excluding carboxylic acids is 1. The Hall–Kier alpha value is -2.40.